The van der Waals surface area contributed by atoms with Gasteiger partial charge in [-0.25, -0.2) is 4.79 Å². The van der Waals surface area contributed by atoms with Crippen molar-refractivity contribution in [1.82, 2.24) is 0 Å². The molecule has 2 aromatic carbocycles. The van der Waals surface area contributed by atoms with Gasteiger partial charge in [0.2, 0.25) is 5.91 Å². The van der Waals surface area contributed by atoms with Crippen LogP contribution >= 0.6 is 11.6 Å². The molecular formula is C20H13ClF3NO3. The largest absolute Gasteiger partial charge is 0.456 e. The summed E-state index contributed by atoms with van der Waals surface area (Å²) in [6.45, 7) is -0.0698. The first-order chi connectivity index (χ1) is 13.3. The maximum absolute atomic E-state index is 12.9. The highest BCUT2D eigenvalue weighted by molar-refractivity contribution is 6.30. The number of hydrogen-bond acceptors (Lipinski definition) is 3. The highest BCUT2D eigenvalue weighted by Crippen LogP contribution is 2.42. The van der Waals surface area contributed by atoms with Crippen molar-refractivity contribution in [2.45, 2.75) is 18.5 Å². The number of hydrogen-bond donors (Lipinski definition) is 0. The van der Waals surface area contributed by atoms with E-state index in [2.05, 4.69) is 0 Å². The maximum Gasteiger partial charge on any atom is 0.416 e. The summed E-state index contributed by atoms with van der Waals surface area (Å²) >= 11 is 5.90. The van der Waals surface area contributed by atoms with Crippen LogP contribution in [-0.2, 0) is 20.5 Å². The fourth-order valence-electron chi connectivity index (χ4n) is 3.53. The average molecular weight is 408 g/mol. The molecule has 1 unspecified atom stereocenters. The molecule has 0 aromatic heterocycles. The van der Waals surface area contributed by atoms with Crippen molar-refractivity contribution in [2.24, 2.45) is 0 Å². The number of alkyl halides is 3. The van der Waals surface area contributed by atoms with E-state index in [0.717, 1.165) is 12.1 Å². The van der Waals surface area contributed by atoms with Gasteiger partial charge < -0.3 is 4.74 Å². The van der Waals surface area contributed by atoms with E-state index in [4.69, 9.17) is 16.3 Å². The van der Waals surface area contributed by atoms with Gasteiger partial charge in [-0.2, -0.15) is 13.2 Å². The van der Waals surface area contributed by atoms with Crippen molar-refractivity contribution in [1.29, 1.82) is 0 Å². The zero-order valence-corrected chi connectivity index (χ0v) is 15.1. The van der Waals surface area contributed by atoms with E-state index in [9.17, 15) is 22.8 Å². The maximum atomic E-state index is 12.9. The number of carbonyl (C=O) groups is 2. The molecule has 2 aliphatic heterocycles. The first-order valence-corrected chi connectivity index (χ1v) is 8.79. The minimum absolute atomic E-state index is 0.0536. The Morgan fingerprint density at radius 2 is 1.64 bits per heavy atom. The smallest absolute Gasteiger partial charge is 0.416 e. The van der Waals surface area contributed by atoms with Crippen LogP contribution < -0.4 is 4.90 Å². The second-order valence-corrected chi connectivity index (χ2v) is 6.95. The SMILES string of the molecule is O=C1OCC2=C1C(c1ccc(C(F)(F)F)cc1)CC(=O)N2c1ccc(Cl)cc1. The minimum atomic E-state index is -4.46. The van der Waals surface area contributed by atoms with E-state index in [0.29, 0.717) is 27.5 Å². The van der Waals surface area contributed by atoms with Crippen LogP contribution in [0.5, 0.6) is 0 Å². The van der Waals surface area contributed by atoms with E-state index in [-0.39, 0.29) is 18.9 Å². The molecule has 8 heteroatoms. The second kappa shape index (κ2) is 6.67. The predicted molar refractivity (Wildman–Crippen MR) is 95.7 cm³/mol. The number of cyclic esters (lactones) is 1. The summed E-state index contributed by atoms with van der Waals surface area (Å²) in [7, 11) is 0. The van der Waals surface area contributed by atoms with E-state index in [1.165, 1.54) is 17.0 Å². The number of carbonyl (C=O) groups excluding carboxylic acids is 2. The Kier molecular flexibility index (Phi) is 4.42. The third-order valence-corrected chi connectivity index (χ3v) is 5.09. The first kappa shape index (κ1) is 18.6. The van der Waals surface area contributed by atoms with E-state index >= 15 is 0 Å². The van der Waals surface area contributed by atoms with Crippen molar-refractivity contribution in [3.63, 3.8) is 0 Å². The number of ether oxygens (including phenoxy) is 1. The Morgan fingerprint density at radius 3 is 2.25 bits per heavy atom. The van der Waals surface area contributed by atoms with Crippen LogP contribution in [0.1, 0.15) is 23.5 Å². The van der Waals surface area contributed by atoms with Crippen LogP contribution in [0.25, 0.3) is 0 Å². The molecule has 4 nitrogen and oxygen atoms in total. The summed E-state index contributed by atoms with van der Waals surface area (Å²) in [6.07, 6.45) is -4.51. The van der Waals surface area contributed by atoms with Crippen LogP contribution in [0.15, 0.2) is 59.8 Å². The third kappa shape index (κ3) is 3.16. The van der Waals surface area contributed by atoms with Crippen molar-refractivity contribution in [2.75, 3.05) is 11.5 Å². The Hall–Kier alpha value is -2.80. The van der Waals surface area contributed by atoms with Gasteiger partial charge in [-0.1, -0.05) is 23.7 Å². The standard InChI is InChI=1S/C20H13ClF3NO3/c21-13-5-7-14(8-6-13)25-16-10-28-19(27)18(16)15(9-17(25)26)11-1-3-12(4-2-11)20(22,23)24/h1-8,15H,9-10H2. The lowest BCUT2D eigenvalue weighted by molar-refractivity contribution is -0.138. The molecule has 0 N–H and O–H groups in total. The fourth-order valence-corrected chi connectivity index (χ4v) is 3.66. The number of esters is 1. The van der Waals surface area contributed by atoms with Gasteiger partial charge in [-0.05, 0) is 42.0 Å². The van der Waals surface area contributed by atoms with Gasteiger partial charge >= 0.3 is 12.1 Å². The van der Waals surface area contributed by atoms with E-state index in [1.807, 2.05) is 0 Å². The topological polar surface area (TPSA) is 46.6 Å². The normalized spacial score (nSPS) is 19.7. The molecule has 4 rings (SSSR count). The van der Waals surface area contributed by atoms with Crippen molar-refractivity contribution >= 4 is 29.2 Å². The molecule has 2 heterocycles. The molecular weight excluding hydrogens is 395 g/mol. The van der Waals surface area contributed by atoms with Crippen LogP contribution in [-0.4, -0.2) is 18.5 Å². The molecule has 2 aromatic rings. The predicted octanol–water partition coefficient (Wildman–Crippen LogP) is 4.69. The van der Waals surface area contributed by atoms with Crippen LogP contribution in [0, 0.1) is 0 Å². The summed E-state index contributed by atoms with van der Waals surface area (Å²) in [5.41, 5.74) is 0.932. The van der Waals surface area contributed by atoms with Gasteiger partial charge in [0.15, 0.2) is 0 Å². The zero-order chi connectivity index (χ0) is 20.1. The highest BCUT2D eigenvalue weighted by Gasteiger charge is 2.43. The summed E-state index contributed by atoms with van der Waals surface area (Å²) in [5.74, 6) is -1.49. The molecule has 0 saturated heterocycles. The molecule has 0 spiro atoms. The molecule has 28 heavy (non-hydrogen) atoms. The second-order valence-electron chi connectivity index (χ2n) is 6.52. The molecule has 1 atom stereocenters. The molecule has 1 amide bonds. The van der Waals surface area contributed by atoms with Gasteiger partial charge in [0.25, 0.3) is 0 Å². The lowest BCUT2D eigenvalue weighted by atomic mass is 9.84. The van der Waals surface area contributed by atoms with Gasteiger partial charge in [0.05, 0.1) is 16.8 Å². The van der Waals surface area contributed by atoms with Gasteiger partial charge in [0, 0.05) is 23.0 Å². The molecule has 144 valence electrons. The van der Waals surface area contributed by atoms with Crippen LogP contribution in [0.4, 0.5) is 18.9 Å². The van der Waals surface area contributed by atoms with Gasteiger partial charge in [-0.15, -0.1) is 0 Å². The van der Waals surface area contributed by atoms with Gasteiger partial charge in [-0.3, -0.25) is 9.69 Å². The summed E-state index contributed by atoms with van der Waals surface area (Å²) in [6, 6.07) is 11.1. The van der Waals surface area contributed by atoms with Crippen LogP contribution in [0.3, 0.4) is 0 Å². The first-order valence-electron chi connectivity index (χ1n) is 8.41. The van der Waals surface area contributed by atoms with Crippen molar-refractivity contribution < 1.29 is 27.5 Å². The minimum Gasteiger partial charge on any atom is -0.456 e. The Bertz CT molecular complexity index is 981. The molecule has 0 aliphatic carbocycles. The monoisotopic (exact) mass is 407 g/mol. The Labute approximate surface area is 163 Å². The number of benzene rings is 2. The Balaban J connectivity index is 1.76. The van der Waals surface area contributed by atoms with E-state index < -0.39 is 23.6 Å². The summed E-state index contributed by atoms with van der Waals surface area (Å²) in [4.78, 5) is 26.6. The molecule has 2 aliphatic rings. The van der Waals surface area contributed by atoms with E-state index in [1.54, 1.807) is 24.3 Å². The number of anilines is 1. The third-order valence-electron chi connectivity index (χ3n) is 4.84. The average Bonchev–Trinajstić information content (AvgIpc) is 3.03. The number of rotatable bonds is 2. The lowest BCUT2D eigenvalue weighted by Crippen LogP contribution is -2.37. The quantitative estimate of drug-likeness (QED) is 0.678. The summed E-state index contributed by atoms with van der Waals surface area (Å²) < 4.78 is 43.6. The van der Waals surface area contributed by atoms with Crippen molar-refractivity contribution in [3.05, 3.63) is 76.0 Å². The summed E-state index contributed by atoms with van der Waals surface area (Å²) in [5, 5.41) is 0.504. The van der Waals surface area contributed by atoms with Gasteiger partial charge in [0.1, 0.15) is 6.61 Å². The molecule has 0 fully saturated rings. The zero-order valence-electron chi connectivity index (χ0n) is 14.3. The number of nitrogens with zero attached hydrogens (tertiary/aromatic N) is 1. The highest BCUT2D eigenvalue weighted by atomic mass is 35.5. The number of halogens is 4. The molecule has 0 radical (unpaired) electrons. The van der Waals surface area contributed by atoms with Crippen molar-refractivity contribution in [3.8, 4) is 0 Å². The molecule has 0 bridgehead atoms. The Morgan fingerprint density at radius 1 is 1.00 bits per heavy atom. The molecule has 0 saturated carbocycles. The lowest BCUT2D eigenvalue weighted by Gasteiger charge is -2.32. The van der Waals surface area contributed by atoms with Crippen LogP contribution in [0.2, 0.25) is 5.02 Å². The number of amides is 1. The fraction of sp³-hybridized carbons (Fsp3) is 0.200.